The van der Waals surface area contributed by atoms with E-state index in [1.807, 2.05) is 0 Å². The van der Waals surface area contributed by atoms with E-state index in [-0.39, 0.29) is 159 Å². The average molecular weight is 1170 g/mol. The first-order valence-corrected chi connectivity index (χ1v) is 26.0. The summed E-state index contributed by atoms with van der Waals surface area (Å²) in [7, 11) is 0. The minimum atomic E-state index is -1.18. The zero-order valence-electron chi connectivity index (χ0n) is 45.1. The Kier molecular flexibility index (Phi) is 53.8. The third-order valence-corrected chi connectivity index (χ3v) is 10.1. The molecule has 476 valence electrons. The maximum absolute atomic E-state index is 10.5. The van der Waals surface area contributed by atoms with Crippen molar-refractivity contribution in [3.05, 3.63) is 0 Å². The molecule has 0 fully saturated rings. The fourth-order valence-corrected chi connectivity index (χ4v) is 5.64. The lowest BCUT2D eigenvalue weighted by Gasteiger charge is -2.24. The van der Waals surface area contributed by atoms with Gasteiger partial charge in [-0.1, -0.05) is 0 Å². The largest absolute Gasteiger partial charge is 0.394 e. The molecule has 0 bridgehead atoms. The van der Waals surface area contributed by atoms with E-state index in [1.54, 1.807) is 0 Å². The molecule has 0 aromatic rings. The molecular weight excluding hydrogens is 1080 g/mol. The highest BCUT2D eigenvalue weighted by Crippen LogP contribution is 2.07. The highest BCUT2D eigenvalue weighted by atomic mass is 16.7. The predicted molar refractivity (Wildman–Crippen MR) is 267 cm³/mol. The second-order valence-corrected chi connectivity index (χ2v) is 17.7. The van der Waals surface area contributed by atoms with Crippen LogP contribution in [0.2, 0.25) is 0 Å². The Morgan fingerprint density at radius 2 is 0.380 bits per heavy atom. The van der Waals surface area contributed by atoms with Crippen LogP contribution in [0.5, 0.6) is 0 Å². The number of aliphatic hydroxyl groups excluding tert-OH is 16. The standard InChI is InChI=1S/C47H96O32/c48-5-34(57)14-68-16-39(62)21-77-47(27-69-15-35(58)6-49)30-72-29-46(79-32-44(13-56)75-20-38(61)9-52)26-65-2-4-67-33-66-3-1-64-25-45(76-22-40(63)17-70-23-41(10-53)73-18-36(59)7-50)28-71-24-42(11-54)78-31-43(12-55)74-19-37(60)8-51/h34-63H,1-33H2. The van der Waals surface area contributed by atoms with Crippen LogP contribution in [0.25, 0.3) is 0 Å². The van der Waals surface area contributed by atoms with E-state index in [9.17, 15) is 56.2 Å². The Bertz CT molecular complexity index is 1260. The summed E-state index contributed by atoms with van der Waals surface area (Å²) in [5, 5.41) is 152. The average Bonchev–Trinajstić information content (AvgIpc) is 3.46. The summed E-state index contributed by atoms with van der Waals surface area (Å²) in [6, 6.07) is 0. The van der Waals surface area contributed by atoms with Gasteiger partial charge in [-0.25, -0.2) is 0 Å². The molecule has 0 aliphatic rings. The first-order chi connectivity index (χ1) is 38.2. The minimum Gasteiger partial charge on any atom is -0.394 e. The monoisotopic (exact) mass is 1170 g/mol. The molecule has 0 radical (unpaired) electrons. The molecule has 79 heavy (non-hydrogen) atoms. The van der Waals surface area contributed by atoms with Crippen molar-refractivity contribution in [1.29, 1.82) is 0 Å². The molecule has 0 saturated heterocycles. The molecule has 0 aliphatic heterocycles. The van der Waals surface area contributed by atoms with E-state index < -0.39 is 145 Å². The van der Waals surface area contributed by atoms with Crippen molar-refractivity contribution in [2.24, 2.45) is 0 Å². The molecule has 0 amide bonds. The molecule has 0 saturated carbocycles. The van der Waals surface area contributed by atoms with Crippen molar-refractivity contribution in [2.45, 2.75) is 85.5 Å². The van der Waals surface area contributed by atoms with Gasteiger partial charge in [0.2, 0.25) is 0 Å². The van der Waals surface area contributed by atoms with Gasteiger partial charge in [0.05, 0.1) is 211 Å². The van der Waals surface area contributed by atoms with Gasteiger partial charge < -0.3 is 157 Å². The van der Waals surface area contributed by atoms with Crippen LogP contribution < -0.4 is 0 Å². The van der Waals surface area contributed by atoms with Crippen LogP contribution in [0.4, 0.5) is 0 Å². The van der Waals surface area contributed by atoms with E-state index in [4.69, 9.17) is 101 Å². The number of hydrogen-bond acceptors (Lipinski definition) is 32. The van der Waals surface area contributed by atoms with Crippen molar-refractivity contribution >= 4 is 0 Å². The molecular formula is C47H96O32. The van der Waals surface area contributed by atoms with Gasteiger partial charge in [0.25, 0.3) is 0 Å². The Morgan fingerprint density at radius 1 is 0.177 bits per heavy atom. The van der Waals surface area contributed by atoms with E-state index >= 15 is 0 Å². The highest BCUT2D eigenvalue weighted by Gasteiger charge is 2.22. The molecule has 14 unspecified atom stereocenters. The fourth-order valence-electron chi connectivity index (χ4n) is 5.64. The predicted octanol–water partition coefficient (Wildman–Crippen LogP) is -9.75. The van der Waals surface area contributed by atoms with Gasteiger partial charge >= 0.3 is 0 Å². The summed E-state index contributed by atoms with van der Waals surface area (Å²) in [5.41, 5.74) is 0. The van der Waals surface area contributed by atoms with Crippen molar-refractivity contribution in [3.8, 4) is 0 Å². The van der Waals surface area contributed by atoms with Crippen LogP contribution in [0.3, 0.4) is 0 Å². The van der Waals surface area contributed by atoms with Gasteiger partial charge in [-0.05, 0) is 0 Å². The zero-order chi connectivity index (χ0) is 58.7. The fraction of sp³-hybridized carbons (Fsp3) is 1.00. The maximum Gasteiger partial charge on any atom is 0.146 e. The Labute approximate surface area is 460 Å². The topological polar surface area (TPSA) is 471 Å². The number of aliphatic hydroxyl groups is 16. The van der Waals surface area contributed by atoms with Crippen LogP contribution in [0.1, 0.15) is 0 Å². The molecule has 32 nitrogen and oxygen atoms in total. The van der Waals surface area contributed by atoms with Crippen LogP contribution in [-0.2, 0) is 75.8 Å². The lowest BCUT2D eigenvalue weighted by Crippen LogP contribution is -2.36. The third-order valence-electron chi connectivity index (χ3n) is 10.1. The summed E-state index contributed by atoms with van der Waals surface area (Å²) < 4.78 is 89.1. The smallest absolute Gasteiger partial charge is 0.146 e. The van der Waals surface area contributed by atoms with Gasteiger partial charge in [0.15, 0.2) is 0 Å². The lowest BCUT2D eigenvalue weighted by atomic mass is 10.3. The lowest BCUT2D eigenvalue weighted by molar-refractivity contribution is -0.136. The third kappa shape index (κ3) is 46.7. The Morgan fingerprint density at radius 3 is 0.709 bits per heavy atom. The molecule has 0 heterocycles. The van der Waals surface area contributed by atoms with E-state index in [2.05, 4.69) is 0 Å². The molecule has 0 aromatic carbocycles. The summed E-state index contributed by atoms with van der Waals surface area (Å²) in [4.78, 5) is 0. The second-order valence-electron chi connectivity index (χ2n) is 17.7. The zero-order valence-corrected chi connectivity index (χ0v) is 45.1. The van der Waals surface area contributed by atoms with Crippen molar-refractivity contribution in [2.75, 3.05) is 218 Å². The summed E-state index contributed by atoms with van der Waals surface area (Å²) in [6.45, 7) is -7.60. The minimum absolute atomic E-state index is 0.0469. The molecule has 0 aromatic heterocycles. The van der Waals surface area contributed by atoms with Crippen molar-refractivity contribution in [3.63, 3.8) is 0 Å². The van der Waals surface area contributed by atoms with Crippen molar-refractivity contribution < 1.29 is 157 Å². The maximum atomic E-state index is 10.5. The summed E-state index contributed by atoms with van der Waals surface area (Å²) in [6.07, 6.45) is -13.7. The Hall–Kier alpha value is -1.28. The molecule has 0 spiro atoms. The highest BCUT2D eigenvalue weighted by molar-refractivity contribution is 4.67. The van der Waals surface area contributed by atoms with Crippen LogP contribution in [-0.4, -0.2) is 385 Å². The van der Waals surface area contributed by atoms with E-state index in [0.29, 0.717) is 0 Å². The number of rotatable bonds is 62. The van der Waals surface area contributed by atoms with Crippen LogP contribution >= 0.6 is 0 Å². The molecule has 0 rings (SSSR count). The van der Waals surface area contributed by atoms with Crippen LogP contribution in [0, 0.1) is 0 Å². The van der Waals surface area contributed by atoms with Crippen LogP contribution in [0.15, 0.2) is 0 Å². The first-order valence-electron chi connectivity index (χ1n) is 26.0. The van der Waals surface area contributed by atoms with E-state index in [0.717, 1.165) is 0 Å². The van der Waals surface area contributed by atoms with Gasteiger partial charge in [0.1, 0.15) is 92.2 Å². The van der Waals surface area contributed by atoms with Gasteiger partial charge in [-0.3, -0.25) is 0 Å². The van der Waals surface area contributed by atoms with Gasteiger partial charge in [-0.2, -0.15) is 0 Å². The molecule has 16 N–H and O–H groups in total. The van der Waals surface area contributed by atoms with E-state index in [1.165, 1.54) is 0 Å². The normalized spacial score (nSPS) is 17.6. The SMILES string of the molecule is OCC(O)COCC(O)COC(COCC(O)CO)COCC(COCCOCOCCOCC(COCC(CO)OCC(CO)OCC(O)CO)OCC(O)COCC(CO)OCC(O)CO)OCC(CO)OCC(O)CO. The molecule has 32 heteroatoms. The molecule has 0 aliphatic carbocycles. The first kappa shape index (κ1) is 77.7. The van der Waals surface area contributed by atoms with Gasteiger partial charge in [-0.15, -0.1) is 0 Å². The Balaban J connectivity index is 5.24. The quantitative estimate of drug-likeness (QED) is 0.0199. The molecule has 14 atom stereocenters. The van der Waals surface area contributed by atoms with Crippen molar-refractivity contribution in [1.82, 2.24) is 0 Å². The summed E-state index contributed by atoms with van der Waals surface area (Å²) in [5.74, 6) is 0. The number of ether oxygens (including phenoxy) is 16. The second kappa shape index (κ2) is 54.6. The summed E-state index contributed by atoms with van der Waals surface area (Å²) >= 11 is 0. The number of hydrogen-bond donors (Lipinski definition) is 16. The van der Waals surface area contributed by atoms with Gasteiger partial charge in [0, 0.05) is 0 Å².